The van der Waals surface area contributed by atoms with E-state index < -0.39 is 0 Å². The van der Waals surface area contributed by atoms with E-state index in [-0.39, 0.29) is 5.37 Å². The molecule has 18 heavy (non-hydrogen) atoms. The van der Waals surface area contributed by atoms with Crippen LogP contribution in [0.5, 0.6) is 0 Å². The number of unbranched alkanes of at least 4 members (excludes halogenated alkanes) is 12. The molecule has 110 valence electrons. The fourth-order valence-electron chi connectivity index (χ4n) is 2.37. The highest BCUT2D eigenvalue weighted by molar-refractivity contribution is 7.80. The maximum atomic E-state index is 5.60. The number of rotatable bonds is 14. The molecule has 0 aromatic carbocycles. The minimum atomic E-state index is 0.0951. The van der Waals surface area contributed by atoms with Gasteiger partial charge in [0.15, 0.2) is 0 Å². The molecule has 0 saturated carbocycles. The third-order valence-corrected chi connectivity index (χ3v) is 3.86. The predicted octanol–water partition coefficient (Wildman–Crippen LogP) is 5.68. The van der Waals surface area contributed by atoms with Crippen molar-refractivity contribution in [2.45, 2.75) is 102 Å². The monoisotopic (exact) mass is 273 g/mol. The van der Waals surface area contributed by atoms with Crippen molar-refractivity contribution in [3.8, 4) is 0 Å². The summed E-state index contributed by atoms with van der Waals surface area (Å²) in [6.45, 7) is 2.28. The molecule has 0 rings (SSSR count). The van der Waals surface area contributed by atoms with Gasteiger partial charge >= 0.3 is 0 Å². The number of nitrogens with two attached hydrogens (primary N) is 1. The number of thiol groups is 1. The van der Waals surface area contributed by atoms with E-state index in [1.54, 1.807) is 0 Å². The zero-order valence-electron chi connectivity index (χ0n) is 12.5. The van der Waals surface area contributed by atoms with Gasteiger partial charge in [-0.05, 0) is 6.42 Å². The quantitative estimate of drug-likeness (QED) is 0.237. The lowest BCUT2D eigenvalue weighted by Crippen LogP contribution is -2.10. The second-order valence-electron chi connectivity index (χ2n) is 5.60. The predicted molar refractivity (Wildman–Crippen MR) is 87.3 cm³/mol. The van der Waals surface area contributed by atoms with Gasteiger partial charge < -0.3 is 5.73 Å². The Bertz CT molecular complexity index is 148. The molecule has 0 aliphatic carbocycles. The van der Waals surface area contributed by atoms with Crippen molar-refractivity contribution in [1.29, 1.82) is 0 Å². The SMILES string of the molecule is CCCCCCCCCCCCCCCC(N)S. The molecule has 0 aromatic rings. The van der Waals surface area contributed by atoms with Crippen molar-refractivity contribution < 1.29 is 0 Å². The van der Waals surface area contributed by atoms with Crippen LogP contribution in [0.15, 0.2) is 0 Å². The first-order valence-corrected chi connectivity index (χ1v) is 8.72. The largest absolute Gasteiger partial charge is 0.320 e. The molecule has 0 fully saturated rings. The Balaban J connectivity index is 2.90. The van der Waals surface area contributed by atoms with Crippen LogP contribution in [-0.2, 0) is 0 Å². The van der Waals surface area contributed by atoms with Crippen LogP contribution in [-0.4, -0.2) is 5.37 Å². The number of hydrogen-bond donors (Lipinski definition) is 2. The maximum absolute atomic E-state index is 5.60. The van der Waals surface area contributed by atoms with Gasteiger partial charge in [-0.15, -0.1) is 0 Å². The van der Waals surface area contributed by atoms with Crippen molar-refractivity contribution in [2.24, 2.45) is 5.73 Å². The fourth-order valence-corrected chi connectivity index (χ4v) is 2.55. The van der Waals surface area contributed by atoms with Crippen molar-refractivity contribution in [3.63, 3.8) is 0 Å². The Morgan fingerprint density at radius 2 is 1.00 bits per heavy atom. The Kier molecular flexibility index (Phi) is 15.6. The maximum Gasteiger partial charge on any atom is 0.0477 e. The molecule has 0 spiro atoms. The first kappa shape index (κ1) is 18.3. The minimum Gasteiger partial charge on any atom is -0.320 e. The van der Waals surface area contributed by atoms with Crippen molar-refractivity contribution in [3.05, 3.63) is 0 Å². The lowest BCUT2D eigenvalue weighted by Gasteiger charge is -2.04. The standard InChI is InChI=1S/C16H35NS/c1-2-3-4-5-6-7-8-9-10-11-12-13-14-15-16(17)18/h16,18H,2-15,17H2,1H3. The average molecular weight is 274 g/mol. The highest BCUT2D eigenvalue weighted by atomic mass is 32.1. The van der Waals surface area contributed by atoms with Gasteiger partial charge in [-0.3, -0.25) is 0 Å². The Morgan fingerprint density at radius 3 is 1.33 bits per heavy atom. The van der Waals surface area contributed by atoms with Crippen LogP contribution < -0.4 is 5.73 Å². The summed E-state index contributed by atoms with van der Waals surface area (Å²) in [5, 5.41) is 0.0951. The van der Waals surface area contributed by atoms with Crippen molar-refractivity contribution in [2.75, 3.05) is 0 Å². The van der Waals surface area contributed by atoms with E-state index in [1.807, 2.05) is 0 Å². The third kappa shape index (κ3) is 16.3. The summed E-state index contributed by atoms with van der Waals surface area (Å²) in [6.07, 6.45) is 19.4. The zero-order valence-corrected chi connectivity index (χ0v) is 13.4. The average Bonchev–Trinajstić information content (AvgIpc) is 2.34. The molecule has 0 aliphatic rings. The Hall–Kier alpha value is 0.310. The van der Waals surface area contributed by atoms with E-state index in [9.17, 15) is 0 Å². The second-order valence-corrected chi connectivity index (χ2v) is 6.26. The fraction of sp³-hybridized carbons (Fsp3) is 1.00. The van der Waals surface area contributed by atoms with Crippen molar-refractivity contribution in [1.82, 2.24) is 0 Å². The van der Waals surface area contributed by atoms with Gasteiger partial charge in [-0.25, -0.2) is 0 Å². The Morgan fingerprint density at radius 1 is 0.667 bits per heavy atom. The van der Waals surface area contributed by atoms with E-state index in [0.717, 1.165) is 6.42 Å². The van der Waals surface area contributed by atoms with Gasteiger partial charge in [0.05, 0.1) is 0 Å². The second kappa shape index (κ2) is 15.4. The molecule has 1 unspecified atom stereocenters. The normalized spacial score (nSPS) is 12.8. The van der Waals surface area contributed by atoms with Crippen LogP contribution in [0.1, 0.15) is 96.8 Å². The minimum absolute atomic E-state index is 0.0951. The molecule has 0 aliphatic heterocycles. The van der Waals surface area contributed by atoms with Crippen LogP contribution in [0, 0.1) is 0 Å². The molecule has 0 aromatic heterocycles. The summed E-state index contributed by atoms with van der Waals surface area (Å²) in [4.78, 5) is 0. The topological polar surface area (TPSA) is 26.0 Å². The lowest BCUT2D eigenvalue weighted by atomic mass is 10.0. The zero-order chi connectivity index (χ0) is 13.5. The Labute approximate surface area is 121 Å². The molecule has 2 N–H and O–H groups in total. The summed E-state index contributed by atoms with van der Waals surface area (Å²) in [7, 11) is 0. The first-order valence-electron chi connectivity index (χ1n) is 8.21. The van der Waals surface area contributed by atoms with Crippen molar-refractivity contribution >= 4 is 12.6 Å². The van der Waals surface area contributed by atoms with E-state index in [0.29, 0.717) is 0 Å². The van der Waals surface area contributed by atoms with Crippen LogP contribution in [0.25, 0.3) is 0 Å². The van der Waals surface area contributed by atoms with E-state index in [1.165, 1.54) is 83.5 Å². The van der Waals surface area contributed by atoms with Crippen LogP contribution >= 0.6 is 12.6 Å². The van der Waals surface area contributed by atoms with Gasteiger partial charge in [0.1, 0.15) is 0 Å². The van der Waals surface area contributed by atoms with E-state index in [2.05, 4.69) is 19.6 Å². The molecule has 2 heteroatoms. The summed E-state index contributed by atoms with van der Waals surface area (Å²) >= 11 is 4.19. The molecule has 0 saturated heterocycles. The molecule has 0 radical (unpaired) electrons. The van der Waals surface area contributed by atoms with Crippen LogP contribution in [0.3, 0.4) is 0 Å². The van der Waals surface area contributed by atoms with Gasteiger partial charge in [-0.2, -0.15) is 12.6 Å². The first-order chi connectivity index (χ1) is 8.77. The van der Waals surface area contributed by atoms with Crippen LogP contribution in [0.2, 0.25) is 0 Å². The smallest absolute Gasteiger partial charge is 0.0477 e. The lowest BCUT2D eigenvalue weighted by molar-refractivity contribution is 0.535. The third-order valence-electron chi connectivity index (χ3n) is 3.60. The highest BCUT2D eigenvalue weighted by Gasteiger charge is 1.96. The summed E-state index contributed by atoms with van der Waals surface area (Å²) in [5.41, 5.74) is 5.60. The summed E-state index contributed by atoms with van der Waals surface area (Å²) < 4.78 is 0. The summed E-state index contributed by atoms with van der Waals surface area (Å²) in [5.74, 6) is 0. The van der Waals surface area contributed by atoms with Crippen LogP contribution in [0.4, 0.5) is 0 Å². The highest BCUT2D eigenvalue weighted by Crippen LogP contribution is 2.13. The molecular weight excluding hydrogens is 238 g/mol. The van der Waals surface area contributed by atoms with E-state index >= 15 is 0 Å². The molecule has 0 bridgehead atoms. The summed E-state index contributed by atoms with van der Waals surface area (Å²) in [6, 6.07) is 0. The molecular formula is C16H35NS. The molecule has 1 nitrogen and oxygen atoms in total. The molecule has 1 atom stereocenters. The molecule has 0 amide bonds. The van der Waals surface area contributed by atoms with Gasteiger partial charge in [0.2, 0.25) is 0 Å². The van der Waals surface area contributed by atoms with E-state index in [4.69, 9.17) is 5.73 Å². The van der Waals surface area contributed by atoms with Gasteiger partial charge in [0, 0.05) is 5.37 Å². The molecule has 0 heterocycles. The number of hydrogen-bond acceptors (Lipinski definition) is 2. The van der Waals surface area contributed by atoms with Gasteiger partial charge in [-0.1, -0.05) is 90.4 Å². The van der Waals surface area contributed by atoms with Gasteiger partial charge in [0.25, 0.3) is 0 Å².